The van der Waals surface area contributed by atoms with Gasteiger partial charge in [0.25, 0.3) is 0 Å². The maximum atomic E-state index is 12.5. The lowest BCUT2D eigenvalue weighted by atomic mass is 10.3. The summed E-state index contributed by atoms with van der Waals surface area (Å²) in [6.07, 6.45) is 0.813. The number of halogens is 3. The van der Waals surface area contributed by atoms with E-state index in [2.05, 4.69) is 4.98 Å². The molecule has 1 aromatic rings. The van der Waals surface area contributed by atoms with Crippen molar-refractivity contribution < 1.29 is 8.78 Å². The van der Waals surface area contributed by atoms with Crippen LogP contribution in [0.1, 0.15) is 5.56 Å². The number of pyridine rings is 1. The zero-order chi connectivity index (χ0) is 7.56. The van der Waals surface area contributed by atoms with Gasteiger partial charge in [0.1, 0.15) is 5.82 Å². The lowest BCUT2D eigenvalue weighted by molar-refractivity contribution is 0.553. The van der Waals surface area contributed by atoms with Crippen molar-refractivity contribution in [2.45, 2.75) is 5.88 Å². The van der Waals surface area contributed by atoms with E-state index in [0.29, 0.717) is 0 Å². The van der Waals surface area contributed by atoms with Crippen molar-refractivity contribution in [3.8, 4) is 0 Å². The van der Waals surface area contributed by atoms with E-state index < -0.39 is 11.8 Å². The molecule has 0 aliphatic carbocycles. The van der Waals surface area contributed by atoms with Crippen LogP contribution in [0.4, 0.5) is 8.78 Å². The predicted molar refractivity (Wildman–Crippen MR) is 33.7 cm³/mol. The number of hydrogen-bond acceptors (Lipinski definition) is 1. The fourth-order valence-electron chi connectivity index (χ4n) is 0.554. The third kappa shape index (κ3) is 1.42. The van der Waals surface area contributed by atoms with Gasteiger partial charge in [-0.05, 0) is 0 Å². The lowest BCUT2D eigenvalue weighted by Gasteiger charge is -1.95. The van der Waals surface area contributed by atoms with E-state index in [-0.39, 0.29) is 11.4 Å². The molecule has 0 N–H and O–H groups in total. The Kier molecular flexibility index (Phi) is 2.17. The maximum Gasteiger partial charge on any atom is 0.213 e. The van der Waals surface area contributed by atoms with E-state index in [0.717, 1.165) is 12.3 Å². The molecule has 0 spiro atoms. The molecule has 0 fully saturated rings. The third-order valence-electron chi connectivity index (χ3n) is 1.05. The van der Waals surface area contributed by atoms with Gasteiger partial charge in [0.2, 0.25) is 5.95 Å². The van der Waals surface area contributed by atoms with E-state index in [1.54, 1.807) is 0 Å². The summed E-state index contributed by atoms with van der Waals surface area (Å²) in [5, 5.41) is 0. The second kappa shape index (κ2) is 2.92. The molecule has 1 nitrogen and oxygen atoms in total. The van der Waals surface area contributed by atoms with E-state index in [1.165, 1.54) is 0 Å². The maximum absolute atomic E-state index is 12.5. The molecule has 0 amide bonds. The van der Waals surface area contributed by atoms with E-state index in [1.807, 2.05) is 0 Å². The summed E-state index contributed by atoms with van der Waals surface area (Å²) in [5.74, 6) is -1.32. The fourth-order valence-corrected chi connectivity index (χ4v) is 0.758. The van der Waals surface area contributed by atoms with Crippen molar-refractivity contribution in [3.63, 3.8) is 0 Å². The molecule has 0 radical (unpaired) electrons. The van der Waals surface area contributed by atoms with Gasteiger partial charge in [-0.2, -0.15) is 4.39 Å². The molecule has 54 valence electrons. The zero-order valence-electron chi connectivity index (χ0n) is 4.94. The average molecular weight is 164 g/mol. The van der Waals surface area contributed by atoms with Crippen molar-refractivity contribution in [1.29, 1.82) is 0 Å². The minimum absolute atomic E-state index is 0.0364. The molecule has 10 heavy (non-hydrogen) atoms. The highest BCUT2D eigenvalue weighted by atomic mass is 35.5. The monoisotopic (exact) mass is 163 g/mol. The van der Waals surface area contributed by atoms with Crippen LogP contribution in [-0.4, -0.2) is 4.98 Å². The van der Waals surface area contributed by atoms with E-state index in [4.69, 9.17) is 11.6 Å². The van der Waals surface area contributed by atoms with Crippen LogP contribution in [0.15, 0.2) is 12.3 Å². The Balaban J connectivity index is 3.09. The smallest absolute Gasteiger partial charge is 0.213 e. The van der Waals surface area contributed by atoms with Crippen molar-refractivity contribution in [2.24, 2.45) is 0 Å². The Hall–Kier alpha value is -0.700. The van der Waals surface area contributed by atoms with Crippen molar-refractivity contribution in [2.75, 3.05) is 0 Å². The summed E-state index contributed by atoms with van der Waals surface area (Å²) < 4.78 is 24.7. The van der Waals surface area contributed by atoms with Gasteiger partial charge in [-0.15, -0.1) is 11.6 Å². The summed E-state index contributed by atoms with van der Waals surface area (Å²) in [4.78, 5) is 3.09. The molecule has 4 heteroatoms. The average Bonchev–Trinajstić information content (AvgIpc) is 1.94. The first-order chi connectivity index (χ1) is 4.74. The van der Waals surface area contributed by atoms with Crippen LogP contribution >= 0.6 is 11.6 Å². The number of hydrogen-bond donors (Lipinski definition) is 0. The van der Waals surface area contributed by atoms with Gasteiger partial charge in [0.15, 0.2) is 0 Å². The summed E-state index contributed by atoms with van der Waals surface area (Å²) in [5.41, 5.74) is 0.133. The van der Waals surface area contributed by atoms with Crippen LogP contribution in [0.5, 0.6) is 0 Å². The van der Waals surface area contributed by atoms with Crippen LogP contribution in [0, 0.1) is 11.8 Å². The van der Waals surface area contributed by atoms with Crippen molar-refractivity contribution >= 4 is 11.6 Å². The SMILES string of the molecule is Fc1cc(CCl)c(F)cn1. The summed E-state index contributed by atoms with van der Waals surface area (Å²) in [6.45, 7) is 0. The molecule has 0 aliphatic rings. The first kappa shape index (κ1) is 7.41. The topological polar surface area (TPSA) is 12.9 Å². The molecule has 0 saturated carbocycles. The first-order valence-corrected chi connectivity index (χ1v) is 3.13. The second-order valence-electron chi connectivity index (χ2n) is 1.73. The largest absolute Gasteiger partial charge is 0.225 e. The molecule has 1 heterocycles. The summed E-state index contributed by atoms with van der Waals surface area (Å²) in [7, 11) is 0. The van der Waals surface area contributed by atoms with Crippen LogP contribution in [0.2, 0.25) is 0 Å². The summed E-state index contributed by atoms with van der Waals surface area (Å²) >= 11 is 5.27. The minimum atomic E-state index is -0.711. The Morgan fingerprint density at radius 1 is 1.50 bits per heavy atom. The zero-order valence-corrected chi connectivity index (χ0v) is 5.70. The molecular weight excluding hydrogens is 160 g/mol. The molecule has 1 aromatic heterocycles. The molecular formula is C6H4ClF2N. The van der Waals surface area contributed by atoms with Gasteiger partial charge in [-0.1, -0.05) is 0 Å². The highest BCUT2D eigenvalue weighted by molar-refractivity contribution is 6.17. The Morgan fingerprint density at radius 2 is 2.20 bits per heavy atom. The van der Waals surface area contributed by atoms with Crippen LogP contribution in [0.25, 0.3) is 0 Å². The third-order valence-corrected chi connectivity index (χ3v) is 1.33. The molecule has 0 bridgehead atoms. The second-order valence-corrected chi connectivity index (χ2v) is 2.00. The minimum Gasteiger partial charge on any atom is -0.225 e. The molecule has 0 saturated heterocycles. The molecule has 0 aliphatic heterocycles. The highest BCUT2D eigenvalue weighted by Gasteiger charge is 2.01. The number of alkyl halides is 1. The Morgan fingerprint density at radius 3 is 2.70 bits per heavy atom. The molecule has 0 aromatic carbocycles. The lowest BCUT2D eigenvalue weighted by Crippen LogP contribution is -1.90. The fraction of sp³-hybridized carbons (Fsp3) is 0.167. The summed E-state index contributed by atoms with van der Waals surface area (Å²) in [6, 6.07) is 0.975. The normalized spacial score (nSPS) is 9.90. The number of aromatic nitrogens is 1. The van der Waals surface area contributed by atoms with Gasteiger partial charge < -0.3 is 0 Å². The number of rotatable bonds is 1. The molecule has 0 unspecified atom stereocenters. The predicted octanol–water partition coefficient (Wildman–Crippen LogP) is 2.10. The Bertz CT molecular complexity index is 239. The van der Waals surface area contributed by atoms with Crippen LogP contribution in [0.3, 0.4) is 0 Å². The van der Waals surface area contributed by atoms with E-state index >= 15 is 0 Å². The van der Waals surface area contributed by atoms with E-state index in [9.17, 15) is 8.78 Å². The Labute approximate surface area is 61.7 Å². The highest BCUT2D eigenvalue weighted by Crippen LogP contribution is 2.08. The first-order valence-electron chi connectivity index (χ1n) is 2.60. The van der Waals surface area contributed by atoms with Crippen LogP contribution < -0.4 is 0 Å². The number of nitrogens with zero attached hydrogens (tertiary/aromatic N) is 1. The van der Waals surface area contributed by atoms with Gasteiger partial charge in [-0.25, -0.2) is 9.37 Å². The van der Waals surface area contributed by atoms with Gasteiger partial charge in [-0.3, -0.25) is 0 Å². The molecule has 0 atom stereocenters. The quantitative estimate of drug-likeness (QED) is 0.456. The van der Waals surface area contributed by atoms with Gasteiger partial charge in [0.05, 0.1) is 12.1 Å². The van der Waals surface area contributed by atoms with Gasteiger partial charge in [0, 0.05) is 11.6 Å². The standard InChI is InChI=1S/C6H4ClF2N/c7-2-4-1-6(9)10-3-5(4)8/h1,3H,2H2. The molecule has 1 rings (SSSR count). The van der Waals surface area contributed by atoms with Crippen molar-refractivity contribution in [1.82, 2.24) is 4.98 Å². The van der Waals surface area contributed by atoms with Crippen LogP contribution in [-0.2, 0) is 5.88 Å². The van der Waals surface area contributed by atoms with Gasteiger partial charge >= 0.3 is 0 Å². The van der Waals surface area contributed by atoms with Crippen molar-refractivity contribution in [3.05, 3.63) is 29.6 Å².